The van der Waals surface area contributed by atoms with Crippen LogP contribution in [0, 0.1) is 0 Å². The summed E-state index contributed by atoms with van der Waals surface area (Å²) in [6.45, 7) is 0.201. The lowest BCUT2D eigenvalue weighted by atomic mass is 10.0. The van der Waals surface area contributed by atoms with Gasteiger partial charge in [0.2, 0.25) is 0 Å². The molecule has 5 N–H and O–H groups in total. The van der Waals surface area contributed by atoms with Gasteiger partial charge in [-0.1, -0.05) is 11.6 Å². The van der Waals surface area contributed by atoms with Crippen LogP contribution in [-0.2, 0) is 6.42 Å². The standard InChI is InChI=1S/C15H23ClN2O4/c16-12-1-2-14-11(5-12)3-4-18(14)7-13(22)6-17-15(8-19,9-20)10-21/h1-2,5,13,17,19-22H,3-4,6-10H2. The summed E-state index contributed by atoms with van der Waals surface area (Å²) in [7, 11) is 0. The molecule has 1 aromatic carbocycles. The second-order valence-electron chi connectivity index (χ2n) is 5.76. The van der Waals surface area contributed by atoms with Crippen molar-refractivity contribution in [3.63, 3.8) is 0 Å². The van der Waals surface area contributed by atoms with Crippen molar-refractivity contribution in [2.24, 2.45) is 0 Å². The number of hydrogen-bond acceptors (Lipinski definition) is 6. The molecule has 1 aliphatic heterocycles. The Labute approximate surface area is 134 Å². The van der Waals surface area contributed by atoms with E-state index in [1.54, 1.807) is 0 Å². The fourth-order valence-corrected chi connectivity index (χ4v) is 2.79. The van der Waals surface area contributed by atoms with Gasteiger partial charge in [-0.3, -0.25) is 0 Å². The Morgan fingerprint density at radius 1 is 1.23 bits per heavy atom. The van der Waals surface area contributed by atoms with Gasteiger partial charge in [0.15, 0.2) is 0 Å². The highest BCUT2D eigenvalue weighted by molar-refractivity contribution is 6.30. The van der Waals surface area contributed by atoms with Gasteiger partial charge in [-0.05, 0) is 30.2 Å². The summed E-state index contributed by atoms with van der Waals surface area (Å²) in [4.78, 5) is 2.08. The topological polar surface area (TPSA) is 96.2 Å². The number of aliphatic hydroxyl groups excluding tert-OH is 4. The second-order valence-corrected chi connectivity index (χ2v) is 6.19. The normalized spacial score (nSPS) is 16.0. The highest BCUT2D eigenvalue weighted by Crippen LogP contribution is 2.30. The smallest absolute Gasteiger partial charge is 0.0882 e. The molecule has 0 aliphatic carbocycles. The van der Waals surface area contributed by atoms with Gasteiger partial charge in [0.05, 0.1) is 31.5 Å². The van der Waals surface area contributed by atoms with Gasteiger partial charge in [0, 0.05) is 30.3 Å². The number of fused-ring (bicyclic) bond motifs is 1. The van der Waals surface area contributed by atoms with Crippen LogP contribution < -0.4 is 10.2 Å². The molecule has 1 unspecified atom stereocenters. The third-order valence-electron chi connectivity index (χ3n) is 4.09. The van der Waals surface area contributed by atoms with Crippen molar-refractivity contribution in [2.45, 2.75) is 18.1 Å². The molecule has 22 heavy (non-hydrogen) atoms. The highest BCUT2D eigenvalue weighted by atomic mass is 35.5. The zero-order valence-corrected chi connectivity index (χ0v) is 13.1. The first-order valence-corrected chi connectivity index (χ1v) is 7.70. The molecule has 6 nitrogen and oxygen atoms in total. The number of hydrogen-bond donors (Lipinski definition) is 5. The van der Waals surface area contributed by atoms with Gasteiger partial charge < -0.3 is 30.6 Å². The molecule has 0 saturated heterocycles. The number of nitrogens with one attached hydrogen (secondary N) is 1. The molecular formula is C15H23ClN2O4. The van der Waals surface area contributed by atoms with Crippen LogP contribution in [-0.4, -0.2) is 71.5 Å². The summed E-state index contributed by atoms with van der Waals surface area (Å²) in [5.74, 6) is 0. The first-order valence-electron chi connectivity index (χ1n) is 7.32. The Hall–Kier alpha value is -0.890. The molecule has 0 bridgehead atoms. The van der Waals surface area contributed by atoms with E-state index in [0.29, 0.717) is 11.6 Å². The van der Waals surface area contributed by atoms with Gasteiger partial charge in [0.25, 0.3) is 0 Å². The van der Waals surface area contributed by atoms with E-state index in [1.807, 2.05) is 18.2 Å². The first-order chi connectivity index (χ1) is 10.5. The van der Waals surface area contributed by atoms with Gasteiger partial charge in [-0.2, -0.15) is 0 Å². The Balaban J connectivity index is 1.90. The SMILES string of the molecule is OCC(CO)(CO)NCC(O)CN1CCc2cc(Cl)ccc21. The number of rotatable bonds is 8. The number of β-amino-alcohol motifs (C(OH)–C–C–N with tert-alkyl or cyclic N) is 1. The van der Waals surface area contributed by atoms with Crippen LogP contribution in [0.3, 0.4) is 0 Å². The molecule has 1 atom stereocenters. The van der Waals surface area contributed by atoms with Gasteiger partial charge in [-0.15, -0.1) is 0 Å². The monoisotopic (exact) mass is 330 g/mol. The van der Waals surface area contributed by atoms with E-state index < -0.39 is 31.5 Å². The third kappa shape index (κ3) is 3.90. The molecule has 1 aromatic rings. The summed E-state index contributed by atoms with van der Waals surface area (Å²) >= 11 is 5.98. The second kappa shape index (κ2) is 7.59. The molecule has 0 saturated carbocycles. The van der Waals surface area contributed by atoms with E-state index in [1.165, 1.54) is 5.56 Å². The molecule has 2 rings (SSSR count). The van der Waals surface area contributed by atoms with E-state index in [-0.39, 0.29) is 6.54 Å². The molecule has 124 valence electrons. The zero-order chi connectivity index (χ0) is 16.2. The number of anilines is 1. The number of nitrogens with zero attached hydrogens (tertiary/aromatic N) is 1. The first kappa shape index (κ1) is 17.5. The number of halogens is 1. The molecule has 1 aliphatic rings. The van der Waals surface area contributed by atoms with Gasteiger partial charge in [0.1, 0.15) is 0 Å². The van der Waals surface area contributed by atoms with Crippen LogP contribution in [0.1, 0.15) is 5.56 Å². The Bertz CT molecular complexity index is 488. The largest absolute Gasteiger partial charge is 0.394 e. The average molecular weight is 331 g/mol. The van der Waals surface area contributed by atoms with E-state index in [0.717, 1.165) is 18.7 Å². The Morgan fingerprint density at radius 3 is 2.55 bits per heavy atom. The number of aliphatic hydroxyl groups is 4. The highest BCUT2D eigenvalue weighted by Gasteiger charge is 2.29. The molecule has 7 heteroatoms. The van der Waals surface area contributed by atoms with Crippen LogP contribution in [0.4, 0.5) is 5.69 Å². The number of benzene rings is 1. The minimum Gasteiger partial charge on any atom is -0.394 e. The lowest BCUT2D eigenvalue weighted by molar-refractivity contribution is 0.0331. The van der Waals surface area contributed by atoms with Gasteiger partial charge in [-0.25, -0.2) is 0 Å². The molecule has 0 spiro atoms. The predicted octanol–water partition coefficient (Wildman–Crippen LogP) is -0.631. The maximum absolute atomic E-state index is 10.2. The summed E-state index contributed by atoms with van der Waals surface area (Å²) < 4.78 is 0. The average Bonchev–Trinajstić information content (AvgIpc) is 2.91. The molecule has 0 radical (unpaired) electrons. The van der Waals surface area contributed by atoms with Crippen molar-refractivity contribution < 1.29 is 20.4 Å². The van der Waals surface area contributed by atoms with Crippen LogP contribution >= 0.6 is 11.6 Å². The van der Waals surface area contributed by atoms with Crippen LogP contribution in [0.5, 0.6) is 0 Å². The third-order valence-corrected chi connectivity index (χ3v) is 4.32. The zero-order valence-electron chi connectivity index (χ0n) is 12.4. The Kier molecular flexibility index (Phi) is 6.02. The molecule has 1 heterocycles. The summed E-state index contributed by atoms with van der Waals surface area (Å²) in [5.41, 5.74) is 1.07. The van der Waals surface area contributed by atoms with Crippen molar-refractivity contribution in [3.05, 3.63) is 28.8 Å². The van der Waals surface area contributed by atoms with E-state index in [2.05, 4.69) is 10.2 Å². The molecule has 0 aromatic heterocycles. The fraction of sp³-hybridized carbons (Fsp3) is 0.600. The van der Waals surface area contributed by atoms with Crippen molar-refractivity contribution in [1.29, 1.82) is 0 Å². The molecule has 0 fully saturated rings. The van der Waals surface area contributed by atoms with E-state index >= 15 is 0 Å². The van der Waals surface area contributed by atoms with Gasteiger partial charge >= 0.3 is 0 Å². The maximum atomic E-state index is 10.2. The Morgan fingerprint density at radius 2 is 1.91 bits per heavy atom. The van der Waals surface area contributed by atoms with Crippen molar-refractivity contribution in [2.75, 3.05) is 44.4 Å². The van der Waals surface area contributed by atoms with Crippen molar-refractivity contribution in [3.8, 4) is 0 Å². The van der Waals surface area contributed by atoms with Crippen LogP contribution in [0.25, 0.3) is 0 Å². The minimum absolute atomic E-state index is 0.168. The fourth-order valence-electron chi connectivity index (χ4n) is 2.60. The van der Waals surface area contributed by atoms with Crippen LogP contribution in [0.2, 0.25) is 5.02 Å². The van der Waals surface area contributed by atoms with E-state index in [9.17, 15) is 20.4 Å². The maximum Gasteiger partial charge on any atom is 0.0882 e. The molecule has 0 amide bonds. The summed E-state index contributed by atoms with van der Waals surface area (Å²) in [6.07, 6.45) is 0.204. The lowest BCUT2D eigenvalue weighted by Crippen LogP contribution is -2.57. The predicted molar refractivity (Wildman–Crippen MR) is 85.4 cm³/mol. The quantitative estimate of drug-likeness (QED) is 0.435. The van der Waals surface area contributed by atoms with Crippen LogP contribution in [0.15, 0.2) is 18.2 Å². The van der Waals surface area contributed by atoms with Crippen molar-refractivity contribution in [1.82, 2.24) is 5.32 Å². The minimum atomic E-state index is -1.17. The summed E-state index contributed by atoms with van der Waals surface area (Å²) in [6, 6.07) is 5.72. The van der Waals surface area contributed by atoms with E-state index in [4.69, 9.17) is 11.6 Å². The summed E-state index contributed by atoms with van der Waals surface area (Å²) in [5, 5.41) is 41.4. The van der Waals surface area contributed by atoms with Crippen molar-refractivity contribution >= 4 is 17.3 Å². The molecular weight excluding hydrogens is 308 g/mol. The lowest BCUT2D eigenvalue weighted by Gasteiger charge is -2.31.